The number of hydrogen-bond acceptors (Lipinski definition) is 2. The predicted octanol–water partition coefficient (Wildman–Crippen LogP) is 2.68. The van der Waals surface area contributed by atoms with Gasteiger partial charge in [-0.15, -0.1) is 12.4 Å². The van der Waals surface area contributed by atoms with E-state index < -0.39 is 0 Å². The second-order valence-electron chi connectivity index (χ2n) is 3.27. The van der Waals surface area contributed by atoms with Crippen LogP contribution in [0.15, 0.2) is 48.8 Å². The molecule has 2 nitrogen and oxygen atoms in total. The summed E-state index contributed by atoms with van der Waals surface area (Å²) in [6.07, 6.45) is 4.56. The summed E-state index contributed by atoms with van der Waals surface area (Å²) < 4.78 is 0. The molecule has 78 valence electrons. The van der Waals surface area contributed by atoms with Crippen LogP contribution in [0.2, 0.25) is 0 Å². The molecule has 0 aliphatic heterocycles. The van der Waals surface area contributed by atoms with Crippen molar-refractivity contribution in [1.82, 2.24) is 4.98 Å². The fourth-order valence-electron chi connectivity index (χ4n) is 1.37. The quantitative estimate of drug-likeness (QED) is 0.791. The van der Waals surface area contributed by atoms with E-state index >= 15 is 0 Å². The Morgan fingerprint density at radius 3 is 2.00 bits per heavy atom. The van der Waals surface area contributed by atoms with Gasteiger partial charge in [0.1, 0.15) is 0 Å². The van der Waals surface area contributed by atoms with Gasteiger partial charge in [0, 0.05) is 18.1 Å². The molecule has 1 heterocycles. The summed E-state index contributed by atoms with van der Waals surface area (Å²) in [5, 5.41) is 0. The van der Waals surface area contributed by atoms with E-state index in [0.717, 1.165) is 12.1 Å². The molecule has 0 spiro atoms. The van der Waals surface area contributed by atoms with Crippen LogP contribution >= 0.6 is 12.4 Å². The first-order chi connectivity index (χ1) is 6.84. The van der Waals surface area contributed by atoms with Gasteiger partial charge in [0.2, 0.25) is 0 Å². The maximum atomic E-state index is 5.61. The Morgan fingerprint density at radius 1 is 0.867 bits per heavy atom. The van der Waals surface area contributed by atoms with Gasteiger partial charge < -0.3 is 5.73 Å². The van der Waals surface area contributed by atoms with Crippen molar-refractivity contribution in [3.63, 3.8) is 0 Å². The molecule has 0 saturated heterocycles. The lowest BCUT2D eigenvalue weighted by molar-refractivity contribution is 1.16. The number of aromatic nitrogens is 1. The van der Waals surface area contributed by atoms with E-state index in [-0.39, 0.29) is 12.4 Å². The highest BCUT2D eigenvalue weighted by molar-refractivity contribution is 5.85. The molecule has 0 amide bonds. The highest BCUT2D eigenvalue weighted by atomic mass is 35.5. The molecule has 0 aliphatic carbocycles. The molecule has 0 bridgehead atoms. The van der Waals surface area contributed by atoms with Crippen molar-refractivity contribution in [2.24, 2.45) is 0 Å². The minimum atomic E-state index is 0. The fraction of sp³-hybridized carbons (Fsp3) is 0.0833. The molecule has 2 rings (SSSR count). The minimum absolute atomic E-state index is 0. The summed E-state index contributed by atoms with van der Waals surface area (Å²) in [6, 6.07) is 12.0. The van der Waals surface area contributed by atoms with E-state index in [2.05, 4.69) is 17.1 Å². The molecule has 0 aliphatic rings. The number of nitrogen functional groups attached to an aromatic ring is 1. The molecule has 2 N–H and O–H groups in total. The molecular weight excluding hydrogens is 208 g/mol. The van der Waals surface area contributed by atoms with Gasteiger partial charge in [-0.2, -0.15) is 0 Å². The van der Waals surface area contributed by atoms with Gasteiger partial charge in [-0.25, -0.2) is 0 Å². The highest BCUT2D eigenvalue weighted by Crippen LogP contribution is 2.10. The van der Waals surface area contributed by atoms with Gasteiger partial charge in [-0.1, -0.05) is 12.1 Å². The van der Waals surface area contributed by atoms with Gasteiger partial charge in [-0.3, -0.25) is 4.98 Å². The van der Waals surface area contributed by atoms with E-state index in [9.17, 15) is 0 Å². The van der Waals surface area contributed by atoms with Crippen LogP contribution in [-0.4, -0.2) is 4.98 Å². The zero-order valence-electron chi connectivity index (χ0n) is 8.26. The van der Waals surface area contributed by atoms with Crippen molar-refractivity contribution in [2.45, 2.75) is 6.42 Å². The molecule has 0 unspecified atom stereocenters. The van der Waals surface area contributed by atoms with E-state index in [1.807, 2.05) is 36.7 Å². The van der Waals surface area contributed by atoms with Gasteiger partial charge in [0.15, 0.2) is 0 Å². The first-order valence-electron chi connectivity index (χ1n) is 4.58. The Balaban J connectivity index is 0.00000112. The lowest BCUT2D eigenvalue weighted by Gasteiger charge is -2.01. The molecule has 0 atom stereocenters. The molecule has 1 aromatic carbocycles. The second kappa shape index (κ2) is 5.37. The van der Waals surface area contributed by atoms with E-state index in [4.69, 9.17) is 5.73 Å². The number of halogens is 1. The van der Waals surface area contributed by atoms with E-state index in [1.165, 1.54) is 11.1 Å². The number of rotatable bonds is 2. The van der Waals surface area contributed by atoms with Crippen molar-refractivity contribution in [1.29, 1.82) is 0 Å². The average molecular weight is 221 g/mol. The Bertz CT molecular complexity index is 398. The number of hydrogen-bond donors (Lipinski definition) is 1. The topological polar surface area (TPSA) is 38.9 Å². The third-order valence-corrected chi connectivity index (χ3v) is 2.14. The largest absolute Gasteiger partial charge is 0.399 e. The normalized spacial score (nSPS) is 9.33. The Morgan fingerprint density at radius 2 is 1.40 bits per heavy atom. The predicted molar refractivity (Wildman–Crippen MR) is 65.1 cm³/mol. The van der Waals surface area contributed by atoms with Crippen molar-refractivity contribution in [3.8, 4) is 0 Å². The molecular formula is C12H13ClN2. The van der Waals surface area contributed by atoms with Crippen molar-refractivity contribution in [3.05, 3.63) is 59.9 Å². The maximum Gasteiger partial charge on any atom is 0.0314 e. The van der Waals surface area contributed by atoms with Gasteiger partial charge >= 0.3 is 0 Å². The first-order valence-corrected chi connectivity index (χ1v) is 4.58. The summed E-state index contributed by atoms with van der Waals surface area (Å²) >= 11 is 0. The lowest BCUT2D eigenvalue weighted by Crippen LogP contribution is -1.89. The summed E-state index contributed by atoms with van der Waals surface area (Å²) in [4.78, 5) is 3.98. The standard InChI is InChI=1S/C12H12N2.ClH/c13-12-3-1-10(2-4-12)9-11-5-7-14-8-6-11;/h1-8H,9,13H2;1H. The highest BCUT2D eigenvalue weighted by Gasteiger charge is 1.94. The minimum Gasteiger partial charge on any atom is -0.399 e. The van der Waals surface area contributed by atoms with Crippen LogP contribution < -0.4 is 5.73 Å². The number of anilines is 1. The Hall–Kier alpha value is -1.54. The van der Waals surface area contributed by atoms with Crippen LogP contribution in [0, 0.1) is 0 Å². The lowest BCUT2D eigenvalue weighted by atomic mass is 10.1. The van der Waals surface area contributed by atoms with Crippen molar-refractivity contribution < 1.29 is 0 Å². The van der Waals surface area contributed by atoms with Crippen molar-refractivity contribution >= 4 is 18.1 Å². The van der Waals surface area contributed by atoms with Crippen molar-refractivity contribution in [2.75, 3.05) is 5.73 Å². The fourth-order valence-corrected chi connectivity index (χ4v) is 1.37. The monoisotopic (exact) mass is 220 g/mol. The third kappa shape index (κ3) is 3.26. The summed E-state index contributed by atoms with van der Waals surface area (Å²) in [7, 11) is 0. The first kappa shape index (κ1) is 11.5. The van der Waals surface area contributed by atoms with Crippen LogP contribution in [-0.2, 0) is 6.42 Å². The molecule has 0 fully saturated rings. The third-order valence-electron chi connectivity index (χ3n) is 2.14. The van der Waals surface area contributed by atoms with Crippen LogP contribution in [0.25, 0.3) is 0 Å². The van der Waals surface area contributed by atoms with E-state index in [0.29, 0.717) is 0 Å². The van der Waals surface area contributed by atoms with Gasteiger partial charge in [-0.05, 0) is 41.8 Å². The molecule has 15 heavy (non-hydrogen) atoms. The SMILES string of the molecule is Cl.Nc1ccc(Cc2ccncc2)cc1. The maximum absolute atomic E-state index is 5.61. The van der Waals surface area contributed by atoms with Crippen LogP contribution in [0.4, 0.5) is 5.69 Å². The van der Waals surface area contributed by atoms with Crippen LogP contribution in [0.3, 0.4) is 0 Å². The molecule has 2 aromatic rings. The molecule has 0 radical (unpaired) electrons. The molecule has 1 aromatic heterocycles. The Kier molecular flexibility index (Phi) is 4.13. The number of pyridine rings is 1. The summed E-state index contributed by atoms with van der Waals surface area (Å²) in [5.41, 5.74) is 8.96. The van der Waals surface area contributed by atoms with Gasteiger partial charge in [0.25, 0.3) is 0 Å². The molecule has 3 heteroatoms. The van der Waals surface area contributed by atoms with Crippen LogP contribution in [0.1, 0.15) is 11.1 Å². The zero-order chi connectivity index (χ0) is 9.80. The number of benzene rings is 1. The smallest absolute Gasteiger partial charge is 0.0314 e. The van der Waals surface area contributed by atoms with Gasteiger partial charge in [0.05, 0.1) is 0 Å². The summed E-state index contributed by atoms with van der Waals surface area (Å²) in [6.45, 7) is 0. The van der Waals surface area contributed by atoms with E-state index in [1.54, 1.807) is 0 Å². The molecule has 0 saturated carbocycles. The average Bonchev–Trinajstić information content (AvgIpc) is 2.23. The number of nitrogens with two attached hydrogens (primary N) is 1. The number of nitrogens with zero attached hydrogens (tertiary/aromatic N) is 1. The van der Waals surface area contributed by atoms with Crippen LogP contribution in [0.5, 0.6) is 0 Å². The Labute approximate surface area is 95.6 Å². The zero-order valence-corrected chi connectivity index (χ0v) is 9.08. The summed E-state index contributed by atoms with van der Waals surface area (Å²) in [5.74, 6) is 0. The second-order valence-corrected chi connectivity index (χ2v) is 3.27.